The average Bonchev–Trinajstić information content (AvgIpc) is 3.23. The Morgan fingerprint density at radius 1 is 1.02 bits per heavy atom. The minimum absolute atomic E-state index is 0.0321. The maximum Gasteiger partial charge on any atom is 0.269 e. The molecule has 5 rings (SSSR count). The highest BCUT2D eigenvalue weighted by Gasteiger charge is 2.65. The first-order valence-corrected chi connectivity index (χ1v) is 20.0. The maximum atomic E-state index is 14.6. The molecule has 14 heteroatoms. The van der Waals surface area contributed by atoms with Gasteiger partial charge in [0.05, 0.1) is 43.0 Å². The molecule has 2 aromatic carbocycles. The molecule has 3 N–H and O–H groups in total. The summed E-state index contributed by atoms with van der Waals surface area (Å²) in [6.07, 6.45) is 13.3. The zero-order valence-electron chi connectivity index (χ0n) is 33.3. The Balaban J connectivity index is 1.72. The number of nitro benzene ring substituents is 1. The number of benzene rings is 2. The monoisotopic (exact) mass is 803 g/mol. The molecular weight excluding hydrogens is 746 g/mol. The van der Waals surface area contributed by atoms with Crippen molar-refractivity contribution in [3.05, 3.63) is 107 Å². The van der Waals surface area contributed by atoms with Gasteiger partial charge in [-0.05, 0) is 85.1 Å². The molecule has 1 amide bonds. The zero-order chi connectivity index (χ0) is 41.5. The molecular formula is C44H57N3O11. The van der Waals surface area contributed by atoms with E-state index in [9.17, 15) is 30.2 Å². The number of oxime groups is 1. The number of amides is 1. The van der Waals surface area contributed by atoms with Crippen LogP contribution in [0.25, 0.3) is 6.08 Å². The Hall–Kier alpha value is -4.86. The average molecular weight is 804 g/mol. The van der Waals surface area contributed by atoms with E-state index in [0.717, 1.165) is 36.8 Å². The van der Waals surface area contributed by atoms with E-state index >= 15 is 0 Å². The molecule has 1 saturated carbocycles. The first kappa shape index (κ1) is 44.2. The second-order valence-corrected chi connectivity index (χ2v) is 14.6. The number of aliphatic hydroxyl groups excluding tert-OH is 3. The van der Waals surface area contributed by atoms with Crippen LogP contribution in [0.4, 0.5) is 5.69 Å². The van der Waals surface area contributed by atoms with Crippen LogP contribution in [0.3, 0.4) is 0 Å². The fourth-order valence-corrected chi connectivity index (χ4v) is 8.72. The molecule has 2 aromatic rings. The Bertz CT molecular complexity index is 1790. The molecule has 3 aliphatic rings. The number of fused-ring (bicyclic) bond motifs is 2. The fraction of sp³-hybridized carbons (Fsp3) is 0.500. The summed E-state index contributed by atoms with van der Waals surface area (Å²) in [4.78, 5) is 32.6. The van der Waals surface area contributed by atoms with Crippen LogP contribution in [0.15, 0.2) is 90.7 Å². The summed E-state index contributed by atoms with van der Waals surface area (Å²) in [5, 5.41) is 45.0. The van der Waals surface area contributed by atoms with Gasteiger partial charge in [-0.3, -0.25) is 14.9 Å². The van der Waals surface area contributed by atoms with Gasteiger partial charge in [0.25, 0.3) is 5.69 Å². The fourth-order valence-electron chi connectivity index (χ4n) is 8.72. The molecule has 58 heavy (non-hydrogen) atoms. The van der Waals surface area contributed by atoms with Crippen LogP contribution < -0.4 is 9.47 Å². The van der Waals surface area contributed by atoms with Crippen molar-refractivity contribution in [1.82, 2.24) is 4.90 Å². The lowest BCUT2D eigenvalue weighted by Crippen LogP contribution is -2.70. The van der Waals surface area contributed by atoms with Crippen LogP contribution in [-0.2, 0) is 19.1 Å². The van der Waals surface area contributed by atoms with Crippen molar-refractivity contribution < 1.29 is 48.8 Å². The van der Waals surface area contributed by atoms with Crippen molar-refractivity contribution in [2.24, 2.45) is 22.9 Å². The predicted molar refractivity (Wildman–Crippen MR) is 219 cm³/mol. The SMILES string of the molecule is C=CCOc1ccc2c(c1)[C@H]1[C@H](CCCCO)[C@@H](CCCCO)C=C3C(=NOC)C[C@H](N(CCOCCO)C(=O)C=Cc4ccc([N+](=O)[O-])cc4)[C@@](OCC=C)(O2)[C@H]31. The first-order valence-electron chi connectivity index (χ1n) is 20.0. The van der Waals surface area contributed by atoms with E-state index < -0.39 is 28.6 Å². The van der Waals surface area contributed by atoms with E-state index in [-0.39, 0.29) is 76.0 Å². The molecule has 314 valence electrons. The normalized spacial score (nSPS) is 24.0. The highest BCUT2D eigenvalue weighted by Crippen LogP contribution is 2.62. The maximum absolute atomic E-state index is 14.6. The molecule has 0 aromatic heterocycles. The smallest absolute Gasteiger partial charge is 0.269 e. The van der Waals surface area contributed by atoms with E-state index in [1.54, 1.807) is 35.3 Å². The third kappa shape index (κ3) is 10.2. The van der Waals surface area contributed by atoms with E-state index in [4.69, 9.17) is 23.8 Å². The van der Waals surface area contributed by atoms with E-state index in [0.29, 0.717) is 42.2 Å². The Morgan fingerprint density at radius 2 is 1.76 bits per heavy atom. The Labute approximate surface area is 340 Å². The quantitative estimate of drug-likeness (QED) is 0.0374. The molecule has 14 nitrogen and oxygen atoms in total. The topological polar surface area (TPSA) is 183 Å². The molecule has 2 aliphatic carbocycles. The standard InChI is InChI=1S/C44H57N3O11/c1-4-24-56-34-17-18-39-37(29-34)42-35(11-7-9-22-49)32(10-6-8-21-48)28-36-38(45-54-3)30-40(44(58-39,43(36)42)57-25-5-2)46(20-26-55-27-23-50)41(51)19-14-31-12-15-33(16-13-31)47(52)53/h4-5,12-19,28-29,32,35,40,42-43,48-50H,1-2,6-11,20-27,30H2,3H3/t32-,35+,40-,42+,43+,44+/m0/s1. The summed E-state index contributed by atoms with van der Waals surface area (Å²) < 4.78 is 26.0. The van der Waals surface area contributed by atoms with Gasteiger partial charge in [0.2, 0.25) is 11.7 Å². The number of rotatable bonds is 24. The summed E-state index contributed by atoms with van der Waals surface area (Å²) in [7, 11) is 1.49. The van der Waals surface area contributed by atoms with E-state index in [1.807, 2.05) is 18.2 Å². The summed E-state index contributed by atoms with van der Waals surface area (Å²) in [5.74, 6) is -1.28. The van der Waals surface area contributed by atoms with Gasteiger partial charge in [0, 0.05) is 55.9 Å². The number of carbonyl (C=O) groups excluding carboxylic acids is 1. The van der Waals surface area contributed by atoms with E-state index in [2.05, 4.69) is 24.4 Å². The van der Waals surface area contributed by atoms with Gasteiger partial charge in [0.1, 0.15) is 31.3 Å². The van der Waals surface area contributed by atoms with Crippen LogP contribution in [0.1, 0.15) is 62.0 Å². The summed E-state index contributed by atoms with van der Waals surface area (Å²) >= 11 is 0. The lowest BCUT2D eigenvalue weighted by Gasteiger charge is -2.60. The molecule has 6 atom stereocenters. The number of non-ortho nitro benzene ring substituents is 1. The number of nitrogens with zero attached hydrogens (tertiary/aromatic N) is 3. The van der Waals surface area contributed by atoms with Gasteiger partial charge in [-0.1, -0.05) is 42.8 Å². The number of ether oxygens (including phenoxy) is 4. The molecule has 0 unspecified atom stereocenters. The van der Waals surface area contributed by atoms with Crippen molar-refractivity contribution in [3.63, 3.8) is 0 Å². The van der Waals surface area contributed by atoms with Crippen molar-refractivity contribution >= 4 is 23.4 Å². The third-order valence-electron chi connectivity index (χ3n) is 11.1. The second-order valence-electron chi connectivity index (χ2n) is 14.6. The van der Waals surface area contributed by atoms with Gasteiger partial charge < -0.3 is 44.0 Å². The highest BCUT2D eigenvalue weighted by molar-refractivity contribution is 6.03. The Kier molecular flexibility index (Phi) is 16.6. The van der Waals surface area contributed by atoms with Gasteiger partial charge in [0.15, 0.2) is 0 Å². The van der Waals surface area contributed by atoms with E-state index in [1.165, 1.54) is 25.3 Å². The molecule has 0 saturated heterocycles. The lowest BCUT2D eigenvalue weighted by molar-refractivity contribution is -0.384. The Morgan fingerprint density at radius 3 is 2.43 bits per heavy atom. The molecule has 1 aliphatic heterocycles. The highest BCUT2D eigenvalue weighted by atomic mass is 16.7. The summed E-state index contributed by atoms with van der Waals surface area (Å²) in [6, 6.07) is 10.8. The number of allylic oxidation sites excluding steroid dienone is 1. The van der Waals surface area contributed by atoms with Crippen molar-refractivity contribution in [1.29, 1.82) is 0 Å². The summed E-state index contributed by atoms with van der Waals surface area (Å²) in [6.45, 7) is 8.41. The number of carbonyl (C=O) groups is 1. The van der Waals surface area contributed by atoms with Crippen LogP contribution >= 0.6 is 0 Å². The minimum Gasteiger partial charge on any atom is -0.490 e. The molecule has 1 fully saturated rings. The zero-order valence-corrected chi connectivity index (χ0v) is 33.3. The number of hydrogen-bond acceptors (Lipinski definition) is 12. The summed E-state index contributed by atoms with van der Waals surface area (Å²) in [5.41, 5.74) is 2.99. The van der Waals surface area contributed by atoms with Crippen LogP contribution in [-0.4, -0.2) is 108 Å². The third-order valence-corrected chi connectivity index (χ3v) is 11.1. The molecule has 1 heterocycles. The van der Waals surface area contributed by atoms with Crippen LogP contribution in [0.2, 0.25) is 0 Å². The van der Waals surface area contributed by atoms with Gasteiger partial charge >= 0.3 is 0 Å². The number of hydrogen-bond donors (Lipinski definition) is 3. The second kappa shape index (κ2) is 21.8. The first-order chi connectivity index (χ1) is 28.3. The minimum atomic E-state index is -1.48. The lowest BCUT2D eigenvalue weighted by atomic mass is 9.55. The van der Waals surface area contributed by atoms with Gasteiger partial charge in [-0.25, -0.2) is 0 Å². The predicted octanol–water partition coefficient (Wildman–Crippen LogP) is 5.97. The molecule has 0 spiro atoms. The largest absolute Gasteiger partial charge is 0.490 e. The van der Waals surface area contributed by atoms with Gasteiger partial charge in [-0.2, -0.15) is 0 Å². The van der Waals surface area contributed by atoms with Crippen molar-refractivity contribution in [2.45, 2.75) is 62.7 Å². The number of unbranched alkanes of at least 4 members (excludes halogenated alkanes) is 2. The van der Waals surface area contributed by atoms with Crippen molar-refractivity contribution in [2.75, 3.05) is 59.9 Å². The van der Waals surface area contributed by atoms with Crippen LogP contribution in [0, 0.1) is 27.9 Å². The molecule has 0 radical (unpaired) electrons. The number of aliphatic hydroxyl groups is 3. The van der Waals surface area contributed by atoms with Crippen LogP contribution in [0.5, 0.6) is 11.5 Å². The van der Waals surface area contributed by atoms with Crippen molar-refractivity contribution in [3.8, 4) is 11.5 Å². The molecule has 0 bridgehead atoms. The van der Waals surface area contributed by atoms with Gasteiger partial charge in [-0.15, -0.1) is 6.58 Å². The number of nitro groups is 1.